The average molecular weight is 303 g/mol. The van der Waals surface area contributed by atoms with Crippen LogP contribution in [0.25, 0.3) is 0 Å². The molecule has 1 aliphatic heterocycles. The summed E-state index contributed by atoms with van der Waals surface area (Å²) >= 11 is 0. The van der Waals surface area contributed by atoms with Crippen LogP contribution in [0.1, 0.15) is 39.0 Å². The van der Waals surface area contributed by atoms with Crippen molar-refractivity contribution in [3.8, 4) is 0 Å². The molecule has 2 N–H and O–H groups in total. The monoisotopic (exact) mass is 303 g/mol. The minimum Gasteiger partial charge on any atom is -0.353 e. The molecule has 1 aromatic rings. The van der Waals surface area contributed by atoms with E-state index in [0.717, 1.165) is 31.4 Å². The third-order valence-electron chi connectivity index (χ3n) is 3.93. The fraction of sp³-hybridized carbons (Fsp3) is 0.529. The minimum absolute atomic E-state index is 0.0676. The van der Waals surface area contributed by atoms with Gasteiger partial charge in [0.1, 0.15) is 0 Å². The minimum atomic E-state index is -0.0676. The number of hydrogen-bond donors (Lipinski definition) is 2. The van der Waals surface area contributed by atoms with E-state index in [9.17, 15) is 9.59 Å². The van der Waals surface area contributed by atoms with Crippen LogP contribution in [-0.2, 0) is 4.79 Å². The van der Waals surface area contributed by atoms with Gasteiger partial charge in [0.25, 0.3) is 0 Å². The number of amides is 3. The van der Waals surface area contributed by atoms with Crippen molar-refractivity contribution in [3.05, 3.63) is 30.3 Å². The van der Waals surface area contributed by atoms with E-state index < -0.39 is 0 Å². The Labute approximate surface area is 132 Å². The Morgan fingerprint density at radius 2 is 1.86 bits per heavy atom. The van der Waals surface area contributed by atoms with Crippen LogP contribution < -0.4 is 10.6 Å². The maximum absolute atomic E-state index is 12.2. The number of carbonyl (C=O) groups is 2. The number of carbonyl (C=O) groups excluding carboxylic acids is 2. The van der Waals surface area contributed by atoms with E-state index in [1.54, 1.807) is 0 Å². The zero-order chi connectivity index (χ0) is 15.8. The standard InChI is InChI=1S/C17H25N3O2/c1-2-3-9-16(21)18-15-10-12-20(13-11-15)17(22)19-14-7-5-4-6-8-14/h4-8,15H,2-3,9-13H2,1H3,(H,18,21)(H,19,22). The van der Waals surface area contributed by atoms with Gasteiger partial charge < -0.3 is 15.5 Å². The van der Waals surface area contributed by atoms with Crippen molar-refractivity contribution in [2.75, 3.05) is 18.4 Å². The lowest BCUT2D eigenvalue weighted by Gasteiger charge is -2.32. The number of anilines is 1. The van der Waals surface area contributed by atoms with Gasteiger partial charge in [-0.25, -0.2) is 4.79 Å². The Hall–Kier alpha value is -2.04. The summed E-state index contributed by atoms with van der Waals surface area (Å²) in [6, 6.07) is 9.59. The molecule has 2 rings (SSSR count). The van der Waals surface area contributed by atoms with Crippen LogP contribution in [0.2, 0.25) is 0 Å². The van der Waals surface area contributed by atoms with Crippen LogP contribution in [0.4, 0.5) is 10.5 Å². The number of rotatable bonds is 5. The zero-order valence-electron chi connectivity index (χ0n) is 13.2. The second kappa shape index (κ2) is 8.41. The van der Waals surface area contributed by atoms with E-state index in [4.69, 9.17) is 0 Å². The van der Waals surface area contributed by atoms with Gasteiger partial charge in [0, 0.05) is 31.2 Å². The first-order valence-electron chi connectivity index (χ1n) is 8.09. The Balaban J connectivity index is 1.72. The van der Waals surface area contributed by atoms with Crippen LogP contribution in [0.3, 0.4) is 0 Å². The average Bonchev–Trinajstić information content (AvgIpc) is 2.54. The lowest BCUT2D eigenvalue weighted by atomic mass is 10.0. The Morgan fingerprint density at radius 1 is 1.18 bits per heavy atom. The number of nitrogens with zero attached hydrogens (tertiary/aromatic N) is 1. The molecule has 0 unspecified atom stereocenters. The number of nitrogens with one attached hydrogen (secondary N) is 2. The maximum Gasteiger partial charge on any atom is 0.321 e. The van der Waals surface area contributed by atoms with E-state index in [0.29, 0.717) is 19.5 Å². The molecule has 1 aliphatic rings. The molecule has 5 heteroatoms. The van der Waals surface area contributed by atoms with Gasteiger partial charge in [-0.3, -0.25) is 4.79 Å². The van der Waals surface area contributed by atoms with Crippen molar-refractivity contribution in [2.24, 2.45) is 0 Å². The summed E-state index contributed by atoms with van der Waals surface area (Å²) in [7, 11) is 0. The van der Waals surface area contributed by atoms with E-state index in [2.05, 4.69) is 17.6 Å². The largest absolute Gasteiger partial charge is 0.353 e. The Morgan fingerprint density at radius 3 is 2.50 bits per heavy atom. The lowest BCUT2D eigenvalue weighted by Crippen LogP contribution is -2.47. The summed E-state index contributed by atoms with van der Waals surface area (Å²) in [5.41, 5.74) is 0.808. The van der Waals surface area contributed by atoms with Crippen LogP contribution >= 0.6 is 0 Å². The second-order valence-electron chi connectivity index (χ2n) is 5.73. The number of hydrogen-bond acceptors (Lipinski definition) is 2. The molecule has 0 aromatic heterocycles. The summed E-state index contributed by atoms with van der Waals surface area (Å²) in [4.78, 5) is 25.7. The quantitative estimate of drug-likeness (QED) is 0.878. The van der Waals surface area contributed by atoms with E-state index in [-0.39, 0.29) is 18.0 Å². The Kier molecular flexibility index (Phi) is 6.25. The van der Waals surface area contributed by atoms with E-state index in [1.165, 1.54) is 0 Å². The van der Waals surface area contributed by atoms with Gasteiger partial charge in [0.05, 0.1) is 0 Å². The molecule has 0 spiro atoms. The highest BCUT2D eigenvalue weighted by atomic mass is 16.2. The number of benzene rings is 1. The van der Waals surface area contributed by atoms with Crippen LogP contribution in [0.15, 0.2) is 30.3 Å². The van der Waals surface area contributed by atoms with Crippen molar-refractivity contribution in [1.29, 1.82) is 0 Å². The molecule has 5 nitrogen and oxygen atoms in total. The summed E-state index contributed by atoms with van der Waals surface area (Å²) < 4.78 is 0. The fourth-order valence-electron chi connectivity index (χ4n) is 2.59. The SMILES string of the molecule is CCCCC(=O)NC1CCN(C(=O)Nc2ccccc2)CC1. The van der Waals surface area contributed by atoms with Crippen molar-refractivity contribution in [2.45, 2.75) is 45.1 Å². The second-order valence-corrected chi connectivity index (χ2v) is 5.73. The van der Waals surface area contributed by atoms with Gasteiger partial charge >= 0.3 is 6.03 Å². The molecule has 120 valence electrons. The van der Waals surface area contributed by atoms with Crippen LogP contribution in [0.5, 0.6) is 0 Å². The molecular formula is C17H25N3O2. The maximum atomic E-state index is 12.2. The molecule has 22 heavy (non-hydrogen) atoms. The highest BCUT2D eigenvalue weighted by Gasteiger charge is 2.23. The molecular weight excluding hydrogens is 278 g/mol. The van der Waals surface area contributed by atoms with Crippen molar-refractivity contribution >= 4 is 17.6 Å². The lowest BCUT2D eigenvalue weighted by molar-refractivity contribution is -0.122. The molecule has 1 aromatic carbocycles. The third kappa shape index (κ3) is 5.06. The van der Waals surface area contributed by atoms with Gasteiger partial charge in [-0.05, 0) is 31.4 Å². The van der Waals surface area contributed by atoms with Gasteiger partial charge in [-0.2, -0.15) is 0 Å². The molecule has 0 atom stereocenters. The molecule has 1 fully saturated rings. The van der Waals surface area contributed by atoms with E-state index >= 15 is 0 Å². The number of likely N-dealkylation sites (tertiary alicyclic amines) is 1. The Bertz CT molecular complexity index is 482. The topological polar surface area (TPSA) is 61.4 Å². The zero-order valence-corrected chi connectivity index (χ0v) is 13.2. The predicted octanol–water partition coefficient (Wildman–Crippen LogP) is 2.99. The molecule has 1 saturated heterocycles. The van der Waals surface area contributed by atoms with Gasteiger partial charge in [0.15, 0.2) is 0 Å². The molecule has 3 amide bonds. The molecule has 0 bridgehead atoms. The van der Waals surface area contributed by atoms with Gasteiger partial charge in [0.2, 0.25) is 5.91 Å². The molecule has 1 heterocycles. The number of unbranched alkanes of at least 4 members (excludes halogenated alkanes) is 1. The summed E-state index contributed by atoms with van der Waals surface area (Å²) in [6.45, 7) is 3.44. The highest BCUT2D eigenvalue weighted by Crippen LogP contribution is 2.13. The van der Waals surface area contributed by atoms with Crippen molar-refractivity contribution in [3.63, 3.8) is 0 Å². The molecule has 0 aliphatic carbocycles. The highest BCUT2D eigenvalue weighted by molar-refractivity contribution is 5.89. The number of urea groups is 1. The first-order valence-corrected chi connectivity index (χ1v) is 8.09. The number of piperidine rings is 1. The first-order chi connectivity index (χ1) is 10.7. The smallest absolute Gasteiger partial charge is 0.321 e. The van der Waals surface area contributed by atoms with Gasteiger partial charge in [-0.15, -0.1) is 0 Å². The first kappa shape index (κ1) is 16.3. The normalized spacial score (nSPS) is 15.4. The van der Waals surface area contributed by atoms with Gasteiger partial charge in [-0.1, -0.05) is 31.5 Å². The van der Waals surface area contributed by atoms with Crippen LogP contribution in [0, 0.1) is 0 Å². The van der Waals surface area contributed by atoms with Crippen molar-refractivity contribution < 1.29 is 9.59 Å². The summed E-state index contributed by atoms with van der Waals surface area (Å²) in [6.07, 6.45) is 4.21. The number of para-hydroxylation sites is 1. The summed E-state index contributed by atoms with van der Waals surface area (Å²) in [5, 5.41) is 5.96. The van der Waals surface area contributed by atoms with E-state index in [1.807, 2.05) is 35.2 Å². The van der Waals surface area contributed by atoms with Crippen LogP contribution in [-0.4, -0.2) is 36.0 Å². The fourth-order valence-corrected chi connectivity index (χ4v) is 2.59. The third-order valence-corrected chi connectivity index (χ3v) is 3.93. The predicted molar refractivity (Wildman–Crippen MR) is 87.7 cm³/mol. The molecule has 0 saturated carbocycles. The molecule has 0 radical (unpaired) electrons. The van der Waals surface area contributed by atoms with Crippen molar-refractivity contribution in [1.82, 2.24) is 10.2 Å². The summed E-state index contributed by atoms with van der Waals surface area (Å²) in [5.74, 6) is 0.133.